The van der Waals surface area contributed by atoms with Crippen molar-refractivity contribution in [2.75, 3.05) is 10.6 Å². The number of amides is 2. The van der Waals surface area contributed by atoms with E-state index in [-0.39, 0.29) is 17.6 Å². The number of furan rings is 1. The Bertz CT molecular complexity index is 1110. The molecule has 6 heteroatoms. The zero-order valence-corrected chi connectivity index (χ0v) is 15.3. The monoisotopic (exact) mass is 376 g/mol. The lowest BCUT2D eigenvalue weighted by Crippen LogP contribution is -2.12. The molecular weight excluding hydrogens is 360 g/mol. The third-order valence-electron chi connectivity index (χ3n) is 4.20. The number of thiophene rings is 1. The van der Waals surface area contributed by atoms with Crippen LogP contribution in [0.5, 0.6) is 0 Å². The van der Waals surface area contributed by atoms with Gasteiger partial charge in [0, 0.05) is 16.1 Å². The normalized spacial score (nSPS) is 10.7. The molecule has 2 aromatic heterocycles. The maximum atomic E-state index is 12.6. The Kier molecular flexibility index (Phi) is 4.48. The van der Waals surface area contributed by atoms with Crippen molar-refractivity contribution in [3.63, 3.8) is 0 Å². The third kappa shape index (κ3) is 3.47. The molecule has 27 heavy (non-hydrogen) atoms. The minimum absolute atomic E-state index is 0.138. The summed E-state index contributed by atoms with van der Waals surface area (Å²) in [6.45, 7) is 1.96. The molecule has 0 saturated heterocycles. The Morgan fingerprint density at radius 1 is 0.852 bits per heavy atom. The number of hydrogen-bond acceptors (Lipinski definition) is 4. The number of nitrogens with one attached hydrogen (secondary N) is 2. The van der Waals surface area contributed by atoms with Crippen LogP contribution in [0.25, 0.3) is 10.1 Å². The highest BCUT2D eigenvalue weighted by Crippen LogP contribution is 2.31. The van der Waals surface area contributed by atoms with Crippen LogP contribution < -0.4 is 10.6 Å². The zero-order chi connectivity index (χ0) is 18.8. The first-order chi connectivity index (χ1) is 13.1. The fraction of sp³-hybridized carbons (Fsp3) is 0.0476. The van der Waals surface area contributed by atoms with Gasteiger partial charge in [-0.2, -0.15) is 0 Å². The predicted molar refractivity (Wildman–Crippen MR) is 108 cm³/mol. The second kappa shape index (κ2) is 7.09. The molecule has 2 N–H and O–H groups in total. The SMILES string of the molecule is Cc1c(C(=O)Nc2ccc(NC(=O)c3ccco3)cc2)sc2ccccc12. The molecule has 134 valence electrons. The highest BCUT2D eigenvalue weighted by molar-refractivity contribution is 7.21. The quantitative estimate of drug-likeness (QED) is 0.507. The number of benzene rings is 2. The standard InChI is InChI=1S/C21H16N2O3S/c1-13-16-5-2-3-7-18(16)27-19(13)21(25)23-15-10-8-14(9-11-15)22-20(24)17-6-4-12-26-17/h2-12H,1H3,(H,22,24)(H,23,25). The molecule has 0 aliphatic heterocycles. The maximum absolute atomic E-state index is 12.6. The molecule has 2 amide bonds. The molecule has 0 aliphatic carbocycles. The van der Waals surface area contributed by atoms with Gasteiger partial charge in [-0.15, -0.1) is 11.3 Å². The van der Waals surface area contributed by atoms with Crippen LogP contribution in [0.15, 0.2) is 71.3 Å². The van der Waals surface area contributed by atoms with Crippen LogP contribution in [-0.2, 0) is 0 Å². The van der Waals surface area contributed by atoms with Gasteiger partial charge in [0.2, 0.25) is 0 Å². The summed E-state index contributed by atoms with van der Waals surface area (Å²) in [5.41, 5.74) is 2.26. The van der Waals surface area contributed by atoms with Gasteiger partial charge >= 0.3 is 0 Å². The molecule has 5 nitrogen and oxygen atoms in total. The van der Waals surface area contributed by atoms with E-state index in [1.807, 2.05) is 31.2 Å². The second-order valence-corrected chi connectivity index (χ2v) is 7.07. The van der Waals surface area contributed by atoms with Crippen molar-refractivity contribution in [2.24, 2.45) is 0 Å². The summed E-state index contributed by atoms with van der Waals surface area (Å²) in [4.78, 5) is 25.3. The molecule has 0 radical (unpaired) electrons. The van der Waals surface area contributed by atoms with E-state index in [0.717, 1.165) is 15.6 Å². The summed E-state index contributed by atoms with van der Waals surface area (Å²) in [7, 11) is 0. The van der Waals surface area contributed by atoms with E-state index < -0.39 is 0 Å². The molecule has 0 spiro atoms. The van der Waals surface area contributed by atoms with E-state index in [9.17, 15) is 9.59 Å². The van der Waals surface area contributed by atoms with Crippen LogP contribution in [0.3, 0.4) is 0 Å². The maximum Gasteiger partial charge on any atom is 0.291 e. The van der Waals surface area contributed by atoms with Crippen molar-refractivity contribution in [1.29, 1.82) is 0 Å². The van der Waals surface area contributed by atoms with Crippen LogP contribution in [0, 0.1) is 6.92 Å². The summed E-state index contributed by atoms with van der Waals surface area (Å²) in [5.74, 6) is -0.216. The number of anilines is 2. The number of hydrogen-bond donors (Lipinski definition) is 2. The molecule has 0 atom stereocenters. The Hall–Kier alpha value is -3.38. The van der Waals surface area contributed by atoms with Gasteiger partial charge in [-0.1, -0.05) is 18.2 Å². The molecule has 0 unspecified atom stereocenters. The van der Waals surface area contributed by atoms with Gasteiger partial charge in [0.15, 0.2) is 5.76 Å². The van der Waals surface area contributed by atoms with E-state index >= 15 is 0 Å². The molecule has 4 rings (SSSR count). The van der Waals surface area contributed by atoms with E-state index in [0.29, 0.717) is 16.3 Å². The number of carbonyl (C=O) groups is 2. The summed E-state index contributed by atoms with van der Waals surface area (Å²) in [6, 6.07) is 18.2. The highest BCUT2D eigenvalue weighted by atomic mass is 32.1. The van der Waals surface area contributed by atoms with Gasteiger partial charge in [-0.3, -0.25) is 9.59 Å². The van der Waals surface area contributed by atoms with Gasteiger partial charge in [-0.25, -0.2) is 0 Å². The lowest BCUT2D eigenvalue weighted by atomic mass is 10.1. The lowest BCUT2D eigenvalue weighted by molar-refractivity contribution is 0.0994. The van der Waals surface area contributed by atoms with Gasteiger partial charge in [0.05, 0.1) is 11.1 Å². The second-order valence-electron chi connectivity index (χ2n) is 6.02. The molecule has 2 heterocycles. The first-order valence-electron chi connectivity index (χ1n) is 8.36. The van der Waals surface area contributed by atoms with Crippen molar-refractivity contribution < 1.29 is 14.0 Å². The summed E-state index contributed by atoms with van der Waals surface area (Å²) in [6.07, 6.45) is 1.45. The Morgan fingerprint density at radius 2 is 1.52 bits per heavy atom. The first kappa shape index (κ1) is 17.1. The Balaban J connectivity index is 1.47. The molecule has 0 aliphatic rings. The number of aryl methyl sites for hydroxylation is 1. The van der Waals surface area contributed by atoms with E-state index in [1.165, 1.54) is 17.6 Å². The number of fused-ring (bicyclic) bond motifs is 1. The Labute approximate surface area is 159 Å². The summed E-state index contributed by atoms with van der Waals surface area (Å²) < 4.78 is 6.15. The average molecular weight is 376 g/mol. The fourth-order valence-electron chi connectivity index (χ4n) is 2.82. The minimum Gasteiger partial charge on any atom is -0.459 e. The van der Waals surface area contributed by atoms with Gasteiger partial charge in [-0.05, 0) is 60.3 Å². The summed E-state index contributed by atoms with van der Waals surface area (Å²) >= 11 is 1.48. The van der Waals surface area contributed by atoms with Crippen LogP contribution in [0.2, 0.25) is 0 Å². The van der Waals surface area contributed by atoms with Gasteiger partial charge in [0.1, 0.15) is 0 Å². The van der Waals surface area contributed by atoms with E-state index in [4.69, 9.17) is 4.42 Å². The Morgan fingerprint density at radius 3 is 2.15 bits per heavy atom. The van der Waals surface area contributed by atoms with Crippen molar-refractivity contribution in [3.8, 4) is 0 Å². The van der Waals surface area contributed by atoms with Gasteiger partial charge in [0.25, 0.3) is 11.8 Å². The smallest absolute Gasteiger partial charge is 0.291 e. The molecule has 0 saturated carbocycles. The van der Waals surface area contributed by atoms with Crippen molar-refractivity contribution >= 4 is 44.6 Å². The van der Waals surface area contributed by atoms with Crippen LogP contribution in [0.4, 0.5) is 11.4 Å². The molecule has 0 fully saturated rings. The minimum atomic E-state index is -0.322. The van der Waals surface area contributed by atoms with E-state index in [2.05, 4.69) is 10.6 Å². The number of rotatable bonds is 4. The average Bonchev–Trinajstić information content (AvgIpc) is 3.32. The fourth-order valence-corrected chi connectivity index (χ4v) is 3.92. The van der Waals surface area contributed by atoms with Crippen LogP contribution >= 0.6 is 11.3 Å². The topological polar surface area (TPSA) is 71.3 Å². The largest absolute Gasteiger partial charge is 0.459 e. The van der Waals surface area contributed by atoms with Crippen LogP contribution in [0.1, 0.15) is 25.8 Å². The zero-order valence-electron chi connectivity index (χ0n) is 14.5. The van der Waals surface area contributed by atoms with Crippen molar-refractivity contribution in [2.45, 2.75) is 6.92 Å². The highest BCUT2D eigenvalue weighted by Gasteiger charge is 2.15. The van der Waals surface area contributed by atoms with Crippen LogP contribution in [-0.4, -0.2) is 11.8 Å². The number of carbonyl (C=O) groups excluding carboxylic acids is 2. The first-order valence-corrected chi connectivity index (χ1v) is 9.18. The van der Waals surface area contributed by atoms with E-state index in [1.54, 1.807) is 36.4 Å². The van der Waals surface area contributed by atoms with Gasteiger partial charge < -0.3 is 15.1 Å². The molecular formula is C21H16N2O3S. The molecule has 4 aromatic rings. The van der Waals surface area contributed by atoms with Crippen molar-refractivity contribution in [1.82, 2.24) is 0 Å². The summed E-state index contributed by atoms with van der Waals surface area (Å²) in [5, 5.41) is 6.75. The third-order valence-corrected chi connectivity index (χ3v) is 5.47. The van der Waals surface area contributed by atoms with Crippen molar-refractivity contribution in [3.05, 3.63) is 83.1 Å². The lowest BCUT2D eigenvalue weighted by Gasteiger charge is -2.07. The predicted octanol–water partition coefficient (Wildman–Crippen LogP) is 5.31. The molecule has 2 aromatic carbocycles. The molecule has 0 bridgehead atoms.